The van der Waals surface area contributed by atoms with Crippen molar-refractivity contribution >= 4 is 27.5 Å². The van der Waals surface area contributed by atoms with Crippen molar-refractivity contribution < 1.29 is 9.53 Å². The predicted octanol–water partition coefficient (Wildman–Crippen LogP) is 1.79. The third kappa shape index (κ3) is 2.15. The van der Waals surface area contributed by atoms with Crippen molar-refractivity contribution in [3.8, 4) is 18.1 Å². The zero-order chi connectivity index (χ0) is 13.1. The van der Waals surface area contributed by atoms with E-state index in [1.54, 1.807) is 7.11 Å². The van der Waals surface area contributed by atoms with Crippen LogP contribution in [0.2, 0.25) is 0 Å². The number of carbonyl (C=O) groups is 1. The van der Waals surface area contributed by atoms with Gasteiger partial charge in [0.2, 0.25) is 5.91 Å². The zero-order valence-electron chi connectivity index (χ0n) is 10.1. The molecule has 0 aliphatic heterocycles. The minimum absolute atomic E-state index is 0.244. The number of benzene rings is 1. The fourth-order valence-electron chi connectivity index (χ4n) is 1.72. The van der Waals surface area contributed by atoms with Crippen molar-refractivity contribution in [3.05, 3.63) is 23.0 Å². The number of amides is 1. The number of methoxy groups -OCH3 is 1. The molecule has 0 aliphatic rings. The molecule has 4 nitrogen and oxygen atoms in total. The van der Waals surface area contributed by atoms with E-state index in [4.69, 9.17) is 11.2 Å². The first kappa shape index (κ1) is 12.4. The molecule has 2 rings (SSSR count). The smallest absolute Gasteiger partial charge is 0.245 e. The number of ether oxygens (including phenoxy) is 1. The molecule has 92 valence electrons. The van der Waals surface area contributed by atoms with Crippen LogP contribution < -0.4 is 9.54 Å². The van der Waals surface area contributed by atoms with Gasteiger partial charge in [0.1, 0.15) is 11.3 Å². The second-order valence-electron chi connectivity index (χ2n) is 3.61. The van der Waals surface area contributed by atoms with Crippen molar-refractivity contribution in [2.24, 2.45) is 4.99 Å². The molecule has 1 aromatic heterocycles. The summed E-state index contributed by atoms with van der Waals surface area (Å²) in [5.41, 5.74) is 0.878. The lowest BCUT2D eigenvalue weighted by Crippen LogP contribution is -2.15. The highest BCUT2D eigenvalue weighted by atomic mass is 32.1. The Kier molecular flexibility index (Phi) is 3.49. The minimum Gasteiger partial charge on any atom is -0.495 e. The van der Waals surface area contributed by atoms with Gasteiger partial charge in [-0.3, -0.25) is 4.79 Å². The van der Waals surface area contributed by atoms with Crippen LogP contribution in [0.25, 0.3) is 10.2 Å². The van der Waals surface area contributed by atoms with Gasteiger partial charge >= 0.3 is 0 Å². The number of terminal acetylenes is 1. The normalized spacial score (nSPS) is 11.5. The van der Waals surface area contributed by atoms with E-state index in [1.807, 2.05) is 22.8 Å². The van der Waals surface area contributed by atoms with Crippen molar-refractivity contribution in [2.75, 3.05) is 7.11 Å². The maximum Gasteiger partial charge on any atom is 0.245 e. The third-order valence-electron chi connectivity index (χ3n) is 2.39. The molecule has 0 N–H and O–H groups in total. The van der Waals surface area contributed by atoms with Crippen molar-refractivity contribution in [1.29, 1.82) is 0 Å². The minimum atomic E-state index is -0.244. The molecule has 0 radical (unpaired) electrons. The van der Waals surface area contributed by atoms with Crippen LogP contribution in [0.3, 0.4) is 0 Å². The van der Waals surface area contributed by atoms with Gasteiger partial charge in [0.05, 0.1) is 18.4 Å². The SMILES string of the molecule is C#CCn1c(=NC(C)=O)sc2cccc(OC)c21. The van der Waals surface area contributed by atoms with Crippen molar-refractivity contribution in [1.82, 2.24) is 4.57 Å². The zero-order valence-corrected chi connectivity index (χ0v) is 11.0. The molecule has 0 saturated heterocycles. The number of thiazole rings is 1. The average Bonchev–Trinajstić information content (AvgIpc) is 2.67. The van der Waals surface area contributed by atoms with E-state index >= 15 is 0 Å². The van der Waals surface area contributed by atoms with E-state index in [1.165, 1.54) is 18.3 Å². The van der Waals surface area contributed by atoms with E-state index in [9.17, 15) is 4.79 Å². The summed E-state index contributed by atoms with van der Waals surface area (Å²) in [6.07, 6.45) is 5.37. The Morgan fingerprint density at radius 1 is 1.61 bits per heavy atom. The summed E-state index contributed by atoms with van der Waals surface area (Å²) >= 11 is 1.42. The van der Waals surface area contributed by atoms with Gasteiger partial charge in [-0.05, 0) is 12.1 Å². The van der Waals surface area contributed by atoms with Crippen LogP contribution in [0.1, 0.15) is 6.92 Å². The Balaban J connectivity index is 2.86. The van der Waals surface area contributed by atoms with Gasteiger partial charge < -0.3 is 9.30 Å². The number of hydrogen-bond acceptors (Lipinski definition) is 3. The van der Waals surface area contributed by atoms with Gasteiger partial charge in [-0.2, -0.15) is 4.99 Å². The Bertz CT molecular complexity index is 704. The lowest BCUT2D eigenvalue weighted by Gasteiger charge is -2.05. The van der Waals surface area contributed by atoms with Crippen LogP contribution in [-0.2, 0) is 11.3 Å². The van der Waals surface area contributed by atoms with Crippen molar-refractivity contribution in [3.63, 3.8) is 0 Å². The third-order valence-corrected chi connectivity index (χ3v) is 3.43. The highest BCUT2D eigenvalue weighted by molar-refractivity contribution is 7.16. The molecule has 0 aliphatic carbocycles. The second kappa shape index (κ2) is 5.07. The van der Waals surface area contributed by atoms with E-state index in [-0.39, 0.29) is 5.91 Å². The summed E-state index contributed by atoms with van der Waals surface area (Å²) in [4.78, 5) is 15.7. The van der Waals surface area contributed by atoms with Crippen LogP contribution in [0, 0.1) is 12.3 Å². The summed E-state index contributed by atoms with van der Waals surface area (Å²) in [7, 11) is 1.61. The first-order valence-electron chi connectivity index (χ1n) is 5.32. The fourth-order valence-corrected chi connectivity index (χ4v) is 2.81. The predicted molar refractivity (Wildman–Crippen MR) is 71.4 cm³/mol. The summed E-state index contributed by atoms with van der Waals surface area (Å²) < 4.78 is 8.13. The highest BCUT2D eigenvalue weighted by Gasteiger charge is 2.10. The molecule has 1 aromatic carbocycles. The quantitative estimate of drug-likeness (QED) is 0.773. The second-order valence-corrected chi connectivity index (χ2v) is 4.62. The van der Waals surface area contributed by atoms with Crippen LogP contribution in [0.15, 0.2) is 23.2 Å². The molecule has 18 heavy (non-hydrogen) atoms. The van der Waals surface area contributed by atoms with Crippen LogP contribution >= 0.6 is 11.3 Å². The van der Waals surface area contributed by atoms with E-state index < -0.39 is 0 Å². The maximum atomic E-state index is 11.1. The van der Waals surface area contributed by atoms with E-state index in [0.717, 1.165) is 16.0 Å². The van der Waals surface area contributed by atoms with Crippen LogP contribution in [0.4, 0.5) is 0 Å². The number of hydrogen-bond donors (Lipinski definition) is 0. The van der Waals surface area contributed by atoms with Crippen LogP contribution in [0.5, 0.6) is 5.75 Å². The molecule has 0 fully saturated rings. The molecule has 0 bridgehead atoms. The Hall–Kier alpha value is -2.06. The number of fused-ring (bicyclic) bond motifs is 1. The molecule has 1 heterocycles. The van der Waals surface area contributed by atoms with E-state index in [0.29, 0.717) is 11.3 Å². The number of rotatable bonds is 2. The molecule has 5 heteroatoms. The van der Waals surface area contributed by atoms with Crippen molar-refractivity contribution in [2.45, 2.75) is 13.5 Å². The molecule has 2 aromatic rings. The number of para-hydroxylation sites is 1. The first-order valence-corrected chi connectivity index (χ1v) is 6.14. The summed E-state index contributed by atoms with van der Waals surface area (Å²) in [5, 5.41) is 0. The lowest BCUT2D eigenvalue weighted by molar-refractivity contribution is -0.116. The monoisotopic (exact) mass is 260 g/mol. The number of aromatic nitrogens is 1. The van der Waals surface area contributed by atoms with Gasteiger partial charge in [0.25, 0.3) is 0 Å². The summed E-state index contributed by atoms with van der Waals surface area (Å²) in [6, 6.07) is 5.71. The fraction of sp³-hybridized carbons (Fsp3) is 0.231. The van der Waals surface area contributed by atoms with Gasteiger partial charge in [-0.15, -0.1) is 6.42 Å². The molecule has 0 saturated carbocycles. The standard InChI is InChI=1S/C13H12N2O2S/c1-4-8-15-12-10(17-3)6-5-7-11(12)18-13(15)14-9(2)16/h1,5-7H,8H2,2-3H3. The van der Waals surface area contributed by atoms with Gasteiger partial charge in [0, 0.05) is 6.92 Å². The average molecular weight is 260 g/mol. The Morgan fingerprint density at radius 2 is 2.39 bits per heavy atom. The van der Waals surface area contributed by atoms with E-state index in [2.05, 4.69) is 10.9 Å². The molecular formula is C13H12N2O2S. The maximum absolute atomic E-state index is 11.1. The summed E-state index contributed by atoms with van der Waals surface area (Å²) in [5.74, 6) is 3.05. The number of carbonyl (C=O) groups excluding carboxylic acids is 1. The summed E-state index contributed by atoms with van der Waals surface area (Å²) in [6.45, 7) is 1.77. The molecule has 1 amide bonds. The largest absolute Gasteiger partial charge is 0.495 e. The van der Waals surface area contributed by atoms with Crippen LogP contribution in [-0.4, -0.2) is 17.6 Å². The van der Waals surface area contributed by atoms with Gasteiger partial charge in [0.15, 0.2) is 4.80 Å². The first-order chi connectivity index (χ1) is 8.67. The number of nitrogens with zero attached hydrogens (tertiary/aromatic N) is 2. The lowest BCUT2D eigenvalue weighted by atomic mass is 10.3. The molecule has 0 spiro atoms. The molecule has 0 atom stereocenters. The van der Waals surface area contributed by atoms with Gasteiger partial charge in [-0.25, -0.2) is 0 Å². The van der Waals surface area contributed by atoms with Gasteiger partial charge in [-0.1, -0.05) is 23.3 Å². The Labute approximate surface area is 109 Å². The molecular weight excluding hydrogens is 248 g/mol. The molecule has 0 unspecified atom stereocenters. The Morgan fingerprint density at radius 3 is 3.00 bits per heavy atom. The highest BCUT2D eigenvalue weighted by Crippen LogP contribution is 2.27. The topological polar surface area (TPSA) is 43.6 Å².